The maximum atomic E-state index is 13.7. The number of hydrogen-bond donors (Lipinski definition) is 3. The third-order valence-electron chi connectivity index (χ3n) is 8.15. The van der Waals surface area contributed by atoms with E-state index >= 15 is 0 Å². The van der Waals surface area contributed by atoms with E-state index in [1.807, 2.05) is 0 Å². The Morgan fingerprint density at radius 2 is 1.66 bits per heavy atom. The molecule has 1 aliphatic rings. The summed E-state index contributed by atoms with van der Waals surface area (Å²) in [7, 11) is 3.02. The zero-order valence-corrected chi connectivity index (χ0v) is 33.6. The lowest BCUT2D eigenvalue weighted by molar-refractivity contribution is -0.114. The number of ether oxygens (including phenoxy) is 4. The lowest BCUT2D eigenvalue weighted by Gasteiger charge is -2.30. The molecule has 13 nitrogen and oxygen atoms in total. The van der Waals surface area contributed by atoms with Gasteiger partial charge in [-0.3, -0.25) is 14.4 Å². The Morgan fingerprint density at radius 3 is 2.36 bits per heavy atom. The second-order valence-corrected chi connectivity index (χ2v) is 15.5. The molecule has 15 heteroatoms. The second-order valence-electron chi connectivity index (χ2n) is 13.4. The molecule has 4 amide bonds. The van der Waals surface area contributed by atoms with E-state index in [9.17, 15) is 24.0 Å². The molecule has 0 spiro atoms. The third kappa shape index (κ3) is 10.9. The number of esters is 1. The van der Waals surface area contributed by atoms with Crippen LogP contribution in [-0.2, 0) is 32.0 Å². The SMILES string of the molecule is CCOC(=O)c1c(NC(=O)CSc2cccc(NC(=O)/C(=C\c3ccc(OC)c(OC)c3)NC(=O)c3ccccc3)c2)sc2c1CCN(C(=O)OC(C)(C)C)C2. The summed E-state index contributed by atoms with van der Waals surface area (Å²) < 4.78 is 21.6. The van der Waals surface area contributed by atoms with Crippen molar-refractivity contribution in [1.29, 1.82) is 0 Å². The maximum absolute atomic E-state index is 13.7. The molecular formula is C41H44N4O9S2. The number of nitrogens with one attached hydrogen (secondary N) is 3. The number of methoxy groups -OCH3 is 2. The maximum Gasteiger partial charge on any atom is 0.410 e. The summed E-state index contributed by atoms with van der Waals surface area (Å²) in [5.74, 6) is -1.01. The molecule has 0 radical (unpaired) electrons. The third-order valence-corrected chi connectivity index (χ3v) is 10.3. The van der Waals surface area contributed by atoms with Crippen LogP contribution in [0.3, 0.4) is 0 Å². The molecule has 4 aromatic rings. The molecule has 0 unspecified atom stereocenters. The van der Waals surface area contributed by atoms with E-state index in [0.29, 0.717) is 56.7 Å². The van der Waals surface area contributed by atoms with E-state index in [2.05, 4.69) is 16.0 Å². The van der Waals surface area contributed by atoms with Gasteiger partial charge >= 0.3 is 12.1 Å². The van der Waals surface area contributed by atoms with Gasteiger partial charge in [-0.15, -0.1) is 23.1 Å². The van der Waals surface area contributed by atoms with Crippen LogP contribution in [0, 0.1) is 0 Å². The van der Waals surface area contributed by atoms with Crippen LogP contribution in [0.15, 0.2) is 83.4 Å². The van der Waals surface area contributed by atoms with Gasteiger partial charge in [0.1, 0.15) is 16.3 Å². The lowest BCUT2D eigenvalue weighted by atomic mass is 10.0. The van der Waals surface area contributed by atoms with Crippen LogP contribution in [0.5, 0.6) is 11.5 Å². The molecule has 2 heterocycles. The molecule has 294 valence electrons. The molecule has 1 aliphatic heterocycles. The van der Waals surface area contributed by atoms with Gasteiger partial charge in [-0.1, -0.05) is 30.3 Å². The van der Waals surface area contributed by atoms with Crippen LogP contribution < -0.4 is 25.4 Å². The van der Waals surface area contributed by atoms with Gasteiger partial charge in [0.2, 0.25) is 5.91 Å². The van der Waals surface area contributed by atoms with Crippen molar-refractivity contribution in [3.05, 3.63) is 106 Å². The van der Waals surface area contributed by atoms with E-state index in [1.54, 1.807) is 105 Å². The smallest absolute Gasteiger partial charge is 0.410 e. The number of amides is 4. The molecule has 0 saturated heterocycles. The van der Waals surface area contributed by atoms with Crippen molar-refractivity contribution in [1.82, 2.24) is 10.2 Å². The average molecular weight is 801 g/mol. The van der Waals surface area contributed by atoms with Crippen LogP contribution >= 0.6 is 23.1 Å². The molecular weight excluding hydrogens is 757 g/mol. The number of rotatable bonds is 13. The summed E-state index contributed by atoms with van der Waals surface area (Å²) in [6.07, 6.45) is 1.49. The molecule has 0 fully saturated rings. The quantitative estimate of drug-likeness (QED) is 0.0707. The van der Waals surface area contributed by atoms with Gasteiger partial charge in [0.15, 0.2) is 11.5 Å². The summed E-state index contributed by atoms with van der Waals surface area (Å²) in [4.78, 5) is 69.0. The summed E-state index contributed by atoms with van der Waals surface area (Å²) in [5, 5.41) is 8.81. The minimum atomic E-state index is -0.655. The Labute approximate surface area is 333 Å². The molecule has 0 aliphatic carbocycles. The summed E-state index contributed by atoms with van der Waals surface area (Å²) in [5.41, 5.74) is 1.75. The van der Waals surface area contributed by atoms with E-state index in [4.69, 9.17) is 18.9 Å². The lowest BCUT2D eigenvalue weighted by Crippen LogP contribution is -2.39. The summed E-state index contributed by atoms with van der Waals surface area (Å²) >= 11 is 2.47. The predicted octanol–water partition coefficient (Wildman–Crippen LogP) is 7.38. The van der Waals surface area contributed by atoms with Crippen molar-refractivity contribution >= 4 is 69.6 Å². The fraction of sp³-hybridized carbons (Fsp3) is 0.293. The Bertz CT molecular complexity index is 2130. The fourth-order valence-corrected chi connectivity index (χ4v) is 7.64. The molecule has 1 aromatic heterocycles. The number of thioether (sulfide) groups is 1. The highest BCUT2D eigenvalue weighted by atomic mass is 32.2. The number of hydrogen-bond acceptors (Lipinski definition) is 11. The molecule has 56 heavy (non-hydrogen) atoms. The van der Waals surface area contributed by atoms with Crippen LogP contribution in [0.25, 0.3) is 6.08 Å². The number of carbonyl (C=O) groups excluding carboxylic acids is 5. The van der Waals surface area contributed by atoms with Crippen molar-refractivity contribution < 1.29 is 42.9 Å². The number of anilines is 2. The summed E-state index contributed by atoms with van der Waals surface area (Å²) in [6, 6.07) is 20.6. The molecule has 3 aromatic carbocycles. The second kappa shape index (κ2) is 18.7. The van der Waals surface area contributed by atoms with Gasteiger partial charge in [-0.05, 0) is 93.8 Å². The standard InChI is InChI=1S/C41H44N4O9S2/c1-7-53-39(49)35-29-18-19-45(40(50)54-41(2,3)4)23-33(29)56-38(35)44-34(46)24-55-28-15-11-14-27(22-28)42-37(48)30(43-36(47)26-12-9-8-10-13-26)20-25-16-17-31(51-5)32(21-25)52-6/h8-17,20-22H,7,18-19,23-24H2,1-6H3,(H,42,48)(H,43,47)(H,44,46)/b30-20+. The number of carbonyl (C=O) groups is 5. The minimum absolute atomic E-state index is 0.0101. The molecule has 0 bridgehead atoms. The first-order valence-electron chi connectivity index (χ1n) is 17.7. The van der Waals surface area contributed by atoms with Crippen molar-refractivity contribution in [3.8, 4) is 11.5 Å². The van der Waals surface area contributed by atoms with E-state index in [0.717, 1.165) is 10.4 Å². The zero-order chi connectivity index (χ0) is 40.4. The van der Waals surface area contributed by atoms with Crippen LogP contribution in [-0.4, -0.2) is 73.4 Å². The number of fused-ring (bicyclic) bond motifs is 1. The monoisotopic (exact) mass is 800 g/mol. The number of nitrogens with zero attached hydrogens (tertiary/aromatic N) is 1. The van der Waals surface area contributed by atoms with Gasteiger partial charge in [0, 0.05) is 27.6 Å². The first kappa shape index (κ1) is 41.4. The first-order chi connectivity index (χ1) is 26.8. The first-order valence-corrected chi connectivity index (χ1v) is 19.5. The fourth-order valence-electron chi connectivity index (χ4n) is 5.62. The Kier molecular flexibility index (Phi) is 13.8. The molecule has 0 atom stereocenters. The Balaban J connectivity index is 1.29. The molecule has 5 rings (SSSR count). The van der Waals surface area contributed by atoms with Gasteiger partial charge in [0.05, 0.1) is 38.7 Å². The highest BCUT2D eigenvalue weighted by Gasteiger charge is 2.33. The number of thiophene rings is 1. The van der Waals surface area contributed by atoms with Crippen molar-refractivity contribution in [3.63, 3.8) is 0 Å². The van der Waals surface area contributed by atoms with E-state index < -0.39 is 29.5 Å². The van der Waals surface area contributed by atoms with Gasteiger partial charge in [-0.2, -0.15) is 0 Å². The molecule has 0 saturated carbocycles. The van der Waals surface area contributed by atoms with Gasteiger partial charge in [0.25, 0.3) is 11.8 Å². The normalized spacial score (nSPS) is 12.5. The van der Waals surface area contributed by atoms with Crippen LogP contribution in [0.4, 0.5) is 15.5 Å². The summed E-state index contributed by atoms with van der Waals surface area (Å²) in [6.45, 7) is 7.87. The average Bonchev–Trinajstić information content (AvgIpc) is 3.53. The van der Waals surface area contributed by atoms with Crippen LogP contribution in [0.1, 0.15) is 64.4 Å². The van der Waals surface area contributed by atoms with Gasteiger partial charge in [-0.25, -0.2) is 9.59 Å². The predicted molar refractivity (Wildman–Crippen MR) is 216 cm³/mol. The topological polar surface area (TPSA) is 162 Å². The Morgan fingerprint density at radius 1 is 0.911 bits per heavy atom. The van der Waals surface area contributed by atoms with Crippen molar-refractivity contribution in [2.24, 2.45) is 0 Å². The zero-order valence-electron chi connectivity index (χ0n) is 32.0. The minimum Gasteiger partial charge on any atom is -0.493 e. The van der Waals surface area contributed by atoms with Crippen molar-refractivity contribution in [2.75, 3.05) is 43.8 Å². The van der Waals surface area contributed by atoms with E-state index in [-0.39, 0.29) is 30.5 Å². The highest BCUT2D eigenvalue weighted by Crippen LogP contribution is 2.38. The molecule has 3 N–H and O–H groups in total. The largest absolute Gasteiger partial charge is 0.493 e. The van der Waals surface area contributed by atoms with E-state index in [1.165, 1.54) is 43.4 Å². The van der Waals surface area contributed by atoms with Crippen LogP contribution in [0.2, 0.25) is 0 Å². The highest BCUT2D eigenvalue weighted by molar-refractivity contribution is 8.00. The number of benzene rings is 3. The Hall–Kier alpha value is -5.80. The van der Waals surface area contributed by atoms with Crippen molar-refractivity contribution in [2.45, 2.75) is 51.2 Å². The van der Waals surface area contributed by atoms with Gasteiger partial charge < -0.3 is 39.8 Å².